The Kier molecular flexibility index (Phi) is 6.85. The molecule has 0 radical (unpaired) electrons. The zero-order valence-electron chi connectivity index (χ0n) is 24.0. The van der Waals surface area contributed by atoms with E-state index in [2.05, 4.69) is 6.92 Å². The van der Waals surface area contributed by atoms with E-state index in [-0.39, 0.29) is 31.5 Å². The van der Waals surface area contributed by atoms with E-state index in [0.29, 0.717) is 25.9 Å². The minimum atomic E-state index is -1.14. The standard InChI is InChI=1S/C29H42O10/c1-7-17(2)24(33)38-23-22(37-19(4)31)26(6)25(5,11-12-27(39-26)13-21(32)35-14-27)20-9-8-10-28(15-36-28)29(20,23)16-34-18(3)30/h17,20,22-23H,7-16H2,1-6H3/t17-,20+,22+,23-,25+,26-,27-,28-,29-/m0/s1. The van der Waals surface area contributed by atoms with Crippen LogP contribution in [-0.2, 0) is 47.6 Å². The second-order valence-corrected chi connectivity index (χ2v) is 12.9. The Hall–Kier alpha value is -2.20. The van der Waals surface area contributed by atoms with Crippen molar-refractivity contribution >= 4 is 23.9 Å². The molecule has 2 aliphatic carbocycles. The zero-order chi connectivity index (χ0) is 28.4. The Morgan fingerprint density at radius 3 is 2.31 bits per heavy atom. The number of esters is 4. The summed E-state index contributed by atoms with van der Waals surface area (Å²) in [4.78, 5) is 50.7. The molecule has 3 saturated heterocycles. The molecule has 0 amide bonds. The number of carbonyl (C=O) groups excluding carboxylic acids is 4. The van der Waals surface area contributed by atoms with Gasteiger partial charge in [-0.3, -0.25) is 19.2 Å². The van der Waals surface area contributed by atoms with Gasteiger partial charge >= 0.3 is 23.9 Å². The smallest absolute Gasteiger partial charge is 0.309 e. The first kappa shape index (κ1) is 28.3. The van der Waals surface area contributed by atoms with Crippen molar-refractivity contribution in [2.45, 2.75) is 115 Å². The quantitative estimate of drug-likeness (QED) is 0.276. The maximum Gasteiger partial charge on any atom is 0.309 e. The minimum absolute atomic E-state index is 0.0262. The van der Waals surface area contributed by atoms with E-state index >= 15 is 0 Å². The van der Waals surface area contributed by atoms with Gasteiger partial charge in [-0.25, -0.2) is 0 Å². The maximum absolute atomic E-state index is 13.5. The molecule has 0 aromatic rings. The molecular weight excluding hydrogens is 508 g/mol. The molecule has 5 aliphatic rings. The highest BCUT2D eigenvalue weighted by molar-refractivity contribution is 5.73. The Bertz CT molecular complexity index is 1050. The van der Waals surface area contributed by atoms with Crippen molar-refractivity contribution < 1.29 is 47.6 Å². The Morgan fingerprint density at radius 2 is 1.74 bits per heavy atom. The van der Waals surface area contributed by atoms with Crippen LogP contribution >= 0.6 is 0 Å². The van der Waals surface area contributed by atoms with Gasteiger partial charge in [-0.15, -0.1) is 0 Å². The Morgan fingerprint density at radius 1 is 1.03 bits per heavy atom. The summed E-state index contributed by atoms with van der Waals surface area (Å²) < 4.78 is 36.9. The fourth-order valence-electron chi connectivity index (χ4n) is 8.33. The van der Waals surface area contributed by atoms with Crippen LogP contribution in [0.15, 0.2) is 0 Å². The van der Waals surface area contributed by atoms with Crippen LogP contribution in [0, 0.1) is 22.7 Å². The summed E-state index contributed by atoms with van der Waals surface area (Å²) in [5, 5.41) is 0. The molecular formula is C29H42O10. The number of rotatable bonds is 6. The number of carbonyl (C=O) groups is 4. The maximum atomic E-state index is 13.5. The van der Waals surface area contributed by atoms with E-state index in [4.69, 9.17) is 28.4 Å². The third-order valence-electron chi connectivity index (χ3n) is 10.8. The summed E-state index contributed by atoms with van der Waals surface area (Å²) >= 11 is 0. The molecule has 39 heavy (non-hydrogen) atoms. The number of cyclic esters (lactones) is 1. The third-order valence-corrected chi connectivity index (χ3v) is 10.8. The lowest BCUT2D eigenvalue weighted by Gasteiger charge is -2.70. The second-order valence-electron chi connectivity index (χ2n) is 12.9. The summed E-state index contributed by atoms with van der Waals surface area (Å²) in [6.07, 6.45) is 2.26. The van der Waals surface area contributed by atoms with E-state index in [9.17, 15) is 19.2 Å². The topological polar surface area (TPSA) is 127 Å². The molecule has 9 atom stereocenters. The van der Waals surface area contributed by atoms with Crippen molar-refractivity contribution in [3.8, 4) is 0 Å². The van der Waals surface area contributed by atoms with Crippen LogP contribution in [0.25, 0.3) is 0 Å². The Balaban J connectivity index is 1.71. The molecule has 2 spiro atoms. The molecule has 0 N–H and O–H groups in total. The van der Waals surface area contributed by atoms with Crippen molar-refractivity contribution in [3.63, 3.8) is 0 Å². The first-order valence-electron chi connectivity index (χ1n) is 14.3. The first-order valence-corrected chi connectivity index (χ1v) is 14.3. The average Bonchev–Trinajstić information content (AvgIpc) is 3.56. The molecule has 0 aromatic carbocycles. The molecule has 0 unspecified atom stereocenters. The van der Waals surface area contributed by atoms with Crippen molar-refractivity contribution in [2.24, 2.45) is 22.7 Å². The summed E-state index contributed by atoms with van der Waals surface area (Å²) in [5.74, 6) is -2.28. The van der Waals surface area contributed by atoms with E-state index in [1.165, 1.54) is 13.8 Å². The summed E-state index contributed by atoms with van der Waals surface area (Å²) in [7, 11) is 0. The molecule has 218 valence electrons. The van der Waals surface area contributed by atoms with Gasteiger partial charge in [0.05, 0.1) is 24.4 Å². The predicted molar refractivity (Wildman–Crippen MR) is 135 cm³/mol. The fourth-order valence-corrected chi connectivity index (χ4v) is 8.33. The van der Waals surface area contributed by atoms with Crippen LogP contribution in [0.4, 0.5) is 0 Å². The molecule has 10 heteroatoms. The molecule has 2 saturated carbocycles. The van der Waals surface area contributed by atoms with Crippen LogP contribution in [-0.4, -0.2) is 72.7 Å². The predicted octanol–water partition coefficient (Wildman–Crippen LogP) is 3.27. The van der Waals surface area contributed by atoms with E-state index in [1.807, 2.05) is 13.8 Å². The number of hydrogen-bond acceptors (Lipinski definition) is 10. The highest BCUT2D eigenvalue weighted by atomic mass is 16.6. The fraction of sp³-hybridized carbons (Fsp3) is 0.862. The van der Waals surface area contributed by atoms with Crippen molar-refractivity contribution in [1.82, 2.24) is 0 Å². The van der Waals surface area contributed by atoms with Crippen molar-refractivity contribution in [3.05, 3.63) is 0 Å². The number of ether oxygens (including phenoxy) is 6. The normalized spacial score (nSPS) is 45.1. The number of hydrogen-bond donors (Lipinski definition) is 0. The molecule has 3 aliphatic heterocycles. The lowest BCUT2D eigenvalue weighted by atomic mass is 9.40. The average molecular weight is 551 g/mol. The number of epoxide rings is 1. The van der Waals surface area contributed by atoms with Crippen LogP contribution < -0.4 is 0 Å². The van der Waals surface area contributed by atoms with E-state index in [1.54, 1.807) is 6.92 Å². The molecule has 5 rings (SSSR count). The van der Waals surface area contributed by atoms with Crippen LogP contribution in [0.1, 0.15) is 86.5 Å². The van der Waals surface area contributed by atoms with Gasteiger partial charge in [-0.2, -0.15) is 0 Å². The van der Waals surface area contributed by atoms with Crippen LogP contribution in [0.5, 0.6) is 0 Å². The summed E-state index contributed by atoms with van der Waals surface area (Å²) in [6.45, 7) is 11.0. The largest absolute Gasteiger partial charge is 0.465 e. The Labute approximate surface area is 229 Å². The second kappa shape index (κ2) is 9.43. The first-order chi connectivity index (χ1) is 18.3. The van der Waals surface area contributed by atoms with Gasteiger partial charge in [-0.05, 0) is 44.9 Å². The van der Waals surface area contributed by atoms with Crippen LogP contribution in [0.3, 0.4) is 0 Å². The lowest BCUT2D eigenvalue weighted by molar-refractivity contribution is -0.361. The van der Waals surface area contributed by atoms with Crippen molar-refractivity contribution in [1.29, 1.82) is 0 Å². The molecule has 10 nitrogen and oxygen atoms in total. The molecule has 0 bridgehead atoms. The SMILES string of the molecule is CC[C@H](C)C(=O)O[C@H]1[C@@H](OC(C)=O)[C@]2(C)O[C@]3(CC[C@]2(C)[C@H]2CCC[C@]4(CO4)[C@]12COC(C)=O)COC(=O)C3. The van der Waals surface area contributed by atoms with Gasteiger partial charge in [0.25, 0.3) is 0 Å². The lowest BCUT2D eigenvalue weighted by Crippen LogP contribution is -2.80. The molecule has 0 aromatic heterocycles. The van der Waals surface area contributed by atoms with Crippen LogP contribution in [0.2, 0.25) is 0 Å². The van der Waals surface area contributed by atoms with Crippen molar-refractivity contribution in [2.75, 3.05) is 19.8 Å². The molecule has 3 heterocycles. The summed E-state index contributed by atoms with van der Waals surface area (Å²) in [6, 6.07) is 0. The van der Waals surface area contributed by atoms with Gasteiger partial charge in [-0.1, -0.05) is 27.2 Å². The molecule has 5 fully saturated rings. The van der Waals surface area contributed by atoms with Gasteiger partial charge in [0.1, 0.15) is 30.0 Å². The zero-order valence-corrected chi connectivity index (χ0v) is 24.0. The van der Waals surface area contributed by atoms with Gasteiger partial charge < -0.3 is 28.4 Å². The van der Waals surface area contributed by atoms with E-state index in [0.717, 1.165) is 19.3 Å². The highest BCUT2D eigenvalue weighted by Gasteiger charge is 2.82. The van der Waals surface area contributed by atoms with E-state index < -0.39 is 63.7 Å². The van der Waals surface area contributed by atoms with Gasteiger partial charge in [0.2, 0.25) is 0 Å². The summed E-state index contributed by atoms with van der Waals surface area (Å²) in [5.41, 5.74) is -4.22. The van der Waals surface area contributed by atoms with Gasteiger partial charge in [0.15, 0.2) is 12.2 Å². The highest BCUT2D eigenvalue weighted by Crippen LogP contribution is 2.72. The third kappa shape index (κ3) is 4.11. The van der Waals surface area contributed by atoms with Gasteiger partial charge in [0, 0.05) is 19.3 Å². The minimum Gasteiger partial charge on any atom is -0.465 e. The number of fused-ring (bicyclic) bond motifs is 4. The monoisotopic (exact) mass is 550 g/mol.